The summed E-state index contributed by atoms with van der Waals surface area (Å²) in [6.07, 6.45) is 6.08. The Bertz CT molecular complexity index is 101. The van der Waals surface area contributed by atoms with Crippen molar-refractivity contribution >= 4 is 16.4 Å². The zero-order chi connectivity index (χ0) is 8.04. The SMILES string of the molecule is C1CCPC1.O=P(O)(O)O. The molecule has 0 radical (unpaired) electrons. The average Bonchev–Trinajstić information content (AvgIpc) is 2.07. The van der Waals surface area contributed by atoms with E-state index >= 15 is 0 Å². The molecule has 1 aliphatic heterocycles. The van der Waals surface area contributed by atoms with Gasteiger partial charge in [-0.05, 0) is 25.2 Å². The van der Waals surface area contributed by atoms with Gasteiger partial charge < -0.3 is 14.7 Å². The van der Waals surface area contributed by atoms with E-state index in [4.69, 9.17) is 19.2 Å². The van der Waals surface area contributed by atoms with Crippen LogP contribution in [0.15, 0.2) is 0 Å². The summed E-state index contributed by atoms with van der Waals surface area (Å²) in [5, 5.41) is 0. The Balaban J connectivity index is 0.000000162. The first-order valence-corrected chi connectivity index (χ1v) is 5.97. The van der Waals surface area contributed by atoms with Crippen molar-refractivity contribution in [2.45, 2.75) is 12.8 Å². The Morgan fingerprint density at radius 2 is 1.40 bits per heavy atom. The van der Waals surface area contributed by atoms with Gasteiger partial charge in [-0.1, -0.05) is 0 Å². The van der Waals surface area contributed by atoms with Crippen molar-refractivity contribution in [2.75, 3.05) is 12.3 Å². The van der Waals surface area contributed by atoms with Gasteiger partial charge >= 0.3 is 7.82 Å². The fourth-order valence-corrected chi connectivity index (χ4v) is 1.87. The van der Waals surface area contributed by atoms with Crippen LogP contribution in [0.2, 0.25) is 0 Å². The molecule has 0 saturated carbocycles. The van der Waals surface area contributed by atoms with E-state index in [1.807, 2.05) is 0 Å². The molecule has 6 heteroatoms. The molecule has 1 aliphatic rings. The normalized spacial score (nSPS) is 17.9. The summed E-state index contributed by atoms with van der Waals surface area (Å²) in [6.45, 7) is 0. The van der Waals surface area contributed by atoms with Crippen LogP contribution in [0.4, 0.5) is 0 Å². The number of hydrogen-bond donors (Lipinski definition) is 3. The van der Waals surface area contributed by atoms with Crippen molar-refractivity contribution in [3.63, 3.8) is 0 Å². The predicted octanol–water partition coefficient (Wildman–Crippen LogP) is 0.530. The summed E-state index contributed by atoms with van der Waals surface area (Å²) in [6, 6.07) is 0. The highest BCUT2D eigenvalue weighted by Gasteiger charge is 2.00. The third kappa shape index (κ3) is 15.8. The van der Waals surface area contributed by atoms with E-state index in [-0.39, 0.29) is 0 Å². The van der Waals surface area contributed by atoms with Gasteiger partial charge in [0.2, 0.25) is 0 Å². The molecule has 1 saturated heterocycles. The fourth-order valence-electron chi connectivity index (χ4n) is 0.625. The second kappa shape index (κ2) is 5.22. The highest BCUT2D eigenvalue weighted by Crippen LogP contribution is 2.25. The van der Waals surface area contributed by atoms with Gasteiger partial charge in [-0.25, -0.2) is 4.57 Å². The Morgan fingerprint density at radius 1 is 1.10 bits per heavy atom. The third-order valence-corrected chi connectivity index (χ3v) is 2.37. The molecule has 3 N–H and O–H groups in total. The third-order valence-electron chi connectivity index (χ3n) is 0.957. The van der Waals surface area contributed by atoms with E-state index in [0.717, 1.165) is 0 Å². The van der Waals surface area contributed by atoms with Crippen molar-refractivity contribution in [1.82, 2.24) is 0 Å². The second-order valence-corrected chi connectivity index (χ2v) is 4.50. The summed E-state index contributed by atoms with van der Waals surface area (Å²) in [5.74, 6) is 0. The first kappa shape index (κ1) is 10.5. The zero-order valence-corrected chi connectivity index (χ0v) is 7.42. The van der Waals surface area contributed by atoms with Gasteiger partial charge in [0.1, 0.15) is 0 Å². The topological polar surface area (TPSA) is 77.8 Å². The maximum absolute atomic E-state index is 8.88. The molecule has 0 bridgehead atoms. The highest BCUT2D eigenvalue weighted by atomic mass is 31.2. The molecule has 10 heavy (non-hydrogen) atoms. The molecule has 0 spiro atoms. The first-order chi connectivity index (χ1) is 4.50. The van der Waals surface area contributed by atoms with Crippen LogP contribution in [0.3, 0.4) is 0 Å². The summed E-state index contributed by atoms with van der Waals surface area (Å²) >= 11 is 0. The number of phosphoric acid groups is 1. The molecule has 1 rings (SSSR count). The maximum Gasteiger partial charge on any atom is 0.466 e. The van der Waals surface area contributed by atoms with E-state index in [2.05, 4.69) is 0 Å². The minimum Gasteiger partial charge on any atom is -0.303 e. The molecular formula is C4H12O4P2. The second-order valence-electron chi connectivity index (χ2n) is 1.97. The van der Waals surface area contributed by atoms with Crippen molar-refractivity contribution in [2.24, 2.45) is 0 Å². The van der Waals surface area contributed by atoms with Crippen LogP contribution in [0, 0.1) is 0 Å². The van der Waals surface area contributed by atoms with Gasteiger partial charge in [0.15, 0.2) is 0 Å². The van der Waals surface area contributed by atoms with Gasteiger partial charge in [-0.2, -0.15) is 0 Å². The number of rotatable bonds is 0. The van der Waals surface area contributed by atoms with Gasteiger partial charge in [0, 0.05) is 0 Å². The minimum atomic E-state index is -4.64. The molecule has 1 fully saturated rings. The van der Waals surface area contributed by atoms with E-state index in [1.165, 1.54) is 33.7 Å². The minimum absolute atomic E-state index is 1.31. The Labute approximate surface area is 61.7 Å². The molecule has 0 atom stereocenters. The highest BCUT2D eigenvalue weighted by molar-refractivity contribution is 7.45. The quantitative estimate of drug-likeness (QED) is 0.482. The lowest BCUT2D eigenvalue weighted by Crippen LogP contribution is -1.66. The zero-order valence-electron chi connectivity index (χ0n) is 5.53. The van der Waals surface area contributed by atoms with E-state index in [0.29, 0.717) is 0 Å². The monoisotopic (exact) mass is 186 g/mol. The molecule has 62 valence electrons. The van der Waals surface area contributed by atoms with Crippen LogP contribution in [0.25, 0.3) is 0 Å². The molecular weight excluding hydrogens is 174 g/mol. The van der Waals surface area contributed by atoms with Gasteiger partial charge in [-0.15, -0.1) is 8.58 Å². The van der Waals surface area contributed by atoms with Gasteiger partial charge in [0.25, 0.3) is 0 Å². The molecule has 0 aromatic heterocycles. The first-order valence-electron chi connectivity index (χ1n) is 2.99. The molecule has 1 heterocycles. The van der Waals surface area contributed by atoms with Crippen LogP contribution < -0.4 is 0 Å². The lowest BCUT2D eigenvalue weighted by atomic mass is 10.4. The van der Waals surface area contributed by atoms with Crippen LogP contribution in [-0.4, -0.2) is 27.0 Å². The molecule has 0 amide bonds. The van der Waals surface area contributed by atoms with Crippen LogP contribution in [-0.2, 0) is 4.57 Å². The van der Waals surface area contributed by atoms with Crippen LogP contribution >= 0.6 is 16.4 Å². The molecule has 0 aromatic rings. The largest absolute Gasteiger partial charge is 0.466 e. The van der Waals surface area contributed by atoms with Crippen LogP contribution in [0.5, 0.6) is 0 Å². The lowest BCUT2D eigenvalue weighted by molar-refractivity contribution is 0.275. The van der Waals surface area contributed by atoms with Crippen molar-refractivity contribution < 1.29 is 19.2 Å². The molecule has 0 aliphatic carbocycles. The van der Waals surface area contributed by atoms with Crippen molar-refractivity contribution in [3.05, 3.63) is 0 Å². The lowest BCUT2D eigenvalue weighted by Gasteiger charge is -1.82. The summed E-state index contributed by atoms with van der Waals surface area (Å²) in [4.78, 5) is 21.6. The van der Waals surface area contributed by atoms with Crippen molar-refractivity contribution in [1.29, 1.82) is 0 Å². The number of hydrogen-bond acceptors (Lipinski definition) is 1. The van der Waals surface area contributed by atoms with E-state index in [1.54, 1.807) is 0 Å². The average molecular weight is 186 g/mol. The molecule has 0 aromatic carbocycles. The smallest absolute Gasteiger partial charge is 0.303 e. The Hall–Kier alpha value is 0.540. The van der Waals surface area contributed by atoms with Crippen molar-refractivity contribution in [3.8, 4) is 0 Å². The molecule has 0 unspecified atom stereocenters. The van der Waals surface area contributed by atoms with E-state index < -0.39 is 7.82 Å². The Morgan fingerprint density at radius 3 is 1.50 bits per heavy atom. The maximum atomic E-state index is 8.88. The van der Waals surface area contributed by atoms with Crippen LogP contribution in [0.1, 0.15) is 12.8 Å². The van der Waals surface area contributed by atoms with E-state index in [9.17, 15) is 0 Å². The van der Waals surface area contributed by atoms with Gasteiger partial charge in [0.05, 0.1) is 0 Å². The summed E-state index contributed by atoms with van der Waals surface area (Å²) in [7, 11) is -3.33. The predicted molar refractivity (Wildman–Crippen MR) is 41.5 cm³/mol. The summed E-state index contributed by atoms with van der Waals surface area (Å²) < 4.78 is 8.88. The fraction of sp³-hybridized carbons (Fsp3) is 1.00. The molecule has 4 nitrogen and oxygen atoms in total. The Kier molecular flexibility index (Phi) is 5.51. The van der Waals surface area contributed by atoms with Gasteiger partial charge in [-0.3, -0.25) is 0 Å². The standard InChI is InChI=1S/C4H9P.H3O4P/c1-2-4-5-3-1;1-5(2,3)4/h5H,1-4H2;(H3,1,2,3,4). The summed E-state index contributed by atoms with van der Waals surface area (Å²) in [5.41, 5.74) is 0.